The number of ether oxygens (including phenoxy) is 1. The van der Waals surface area contributed by atoms with Crippen molar-refractivity contribution >= 4 is 11.4 Å². The van der Waals surface area contributed by atoms with Crippen LogP contribution in [-0.2, 0) is 0 Å². The first-order valence-corrected chi connectivity index (χ1v) is 13.3. The SMILES string of the molecule is COc1ccccc1-c1c(-c2ccccc2)c(N)c(-c2ccccc2)c(-c2ccccc2)c1-c1ccc(N)cc1. The molecule has 0 aliphatic heterocycles. The fourth-order valence-electron chi connectivity index (χ4n) is 5.53. The molecule has 0 spiro atoms. The van der Waals surface area contributed by atoms with Crippen molar-refractivity contribution in [1.82, 2.24) is 0 Å². The van der Waals surface area contributed by atoms with Gasteiger partial charge in [0.1, 0.15) is 5.75 Å². The van der Waals surface area contributed by atoms with Crippen molar-refractivity contribution in [2.75, 3.05) is 18.6 Å². The Morgan fingerprint density at radius 1 is 0.400 bits per heavy atom. The highest BCUT2D eigenvalue weighted by Crippen LogP contribution is 2.55. The minimum atomic E-state index is 0.714. The summed E-state index contributed by atoms with van der Waals surface area (Å²) in [4.78, 5) is 0. The second-order valence-corrected chi connectivity index (χ2v) is 9.71. The highest BCUT2D eigenvalue weighted by molar-refractivity contribution is 6.14. The van der Waals surface area contributed by atoms with Crippen LogP contribution >= 0.6 is 0 Å². The first-order valence-electron chi connectivity index (χ1n) is 13.3. The Morgan fingerprint density at radius 3 is 1.32 bits per heavy atom. The molecule has 0 atom stereocenters. The molecule has 0 saturated carbocycles. The van der Waals surface area contributed by atoms with Gasteiger partial charge in [0.15, 0.2) is 0 Å². The van der Waals surface area contributed by atoms with Gasteiger partial charge < -0.3 is 16.2 Å². The Bertz CT molecular complexity index is 1760. The van der Waals surface area contributed by atoms with Gasteiger partial charge in [-0.2, -0.15) is 0 Å². The average Bonchev–Trinajstić information content (AvgIpc) is 3.02. The molecule has 0 heterocycles. The molecule has 6 aromatic rings. The molecule has 0 unspecified atom stereocenters. The predicted molar refractivity (Wildman–Crippen MR) is 169 cm³/mol. The zero-order valence-electron chi connectivity index (χ0n) is 22.3. The molecule has 0 aromatic heterocycles. The maximum absolute atomic E-state index is 7.33. The van der Waals surface area contributed by atoms with Gasteiger partial charge in [-0.25, -0.2) is 0 Å². The molecule has 194 valence electrons. The third-order valence-corrected chi connectivity index (χ3v) is 7.30. The smallest absolute Gasteiger partial charge is 0.126 e. The van der Waals surface area contributed by atoms with E-state index in [1.807, 2.05) is 48.5 Å². The minimum absolute atomic E-state index is 0.714. The highest BCUT2D eigenvalue weighted by Gasteiger charge is 2.28. The molecular formula is C37H30N2O. The van der Waals surface area contributed by atoms with Crippen LogP contribution in [0.5, 0.6) is 5.75 Å². The van der Waals surface area contributed by atoms with Crippen molar-refractivity contribution in [2.24, 2.45) is 0 Å². The van der Waals surface area contributed by atoms with E-state index in [9.17, 15) is 0 Å². The van der Waals surface area contributed by atoms with E-state index in [1.165, 1.54) is 0 Å². The summed E-state index contributed by atoms with van der Waals surface area (Å²) in [5.74, 6) is 0.780. The van der Waals surface area contributed by atoms with E-state index in [2.05, 4.69) is 91.0 Å². The highest BCUT2D eigenvalue weighted by atomic mass is 16.5. The number of hydrogen-bond donors (Lipinski definition) is 2. The number of hydrogen-bond acceptors (Lipinski definition) is 3. The van der Waals surface area contributed by atoms with Crippen molar-refractivity contribution < 1.29 is 4.74 Å². The van der Waals surface area contributed by atoms with Gasteiger partial charge in [0, 0.05) is 39.2 Å². The maximum atomic E-state index is 7.33. The van der Waals surface area contributed by atoms with E-state index >= 15 is 0 Å². The van der Waals surface area contributed by atoms with Crippen molar-refractivity contribution in [2.45, 2.75) is 0 Å². The lowest BCUT2D eigenvalue weighted by Gasteiger charge is -2.27. The van der Waals surface area contributed by atoms with Crippen molar-refractivity contribution in [3.05, 3.63) is 140 Å². The van der Waals surface area contributed by atoms with Crippen LogP contribution in [0.15, 0.2) is 140 Å². The summed E-state index contributed by atoms with van der Waals surface area (Å²) >= 11 is 0. The van der Waals surface area contributed by atoms with Crippen LogP contribution in [0.3, 0.4) is 0 Å². The lowest BCUT2D eigenvalue weighted by molar-refractivity contribution is 0.416. The fraction of sp³-hybridized carbons (Fsp3) is 0.0270. The Kier molecular flexibility index (Phi) is 6.78. The molecule has 0 aliphatic carbocycles. The minimum Gasteiger partial charge on any atom is -0.496 e. The number of nitrogen functional groups attached to an aromatic ring is 2. The van der Waals surface area contributed by atoms with Gasteiger partial charge >= 0.3 is 0 Å². The number of para-hydroxylation sites is 1. The lowest BCUT2D eigenvalue weighted by Crippen LogP contribution is -2.04. The molecular weight excluding hydrogens is 488 g/mol. The quantitative estimate of drug-likeness (QED) is 0.216. The van der Waals surface area contributed by atoms with Crippen LogP contribution < -0.4 is 16.2 Å². The first-order chi connectivity index (χ1) is 19.7. The third-order valence-electron chi connectivity index (χ3n) is 7.30. The summed E-state index contributed by atoms with van der Waals surface area (Å²) in [6, 6.07) is 47.5. The molecule has 0 radical (unpaired) electrons. The van der Waals surface area contributed by atoms with E-state index in [0.29, 0.717) is 5.69 Å². The fourth-order valence-corrected chi connectivity index (χ4v) is 5.53. The largest absolute Gasteiger partial charge is 0.496 e. The van der Waals surface area contributed by atoms with Gasteiger partial charge in [-0.3, -0.25) is 0 Å². The Labute approximate surface area is 235 Å². The summed E-state index contributed by atoms with van der Waals surface area (Å²) < 4.78 is 5.94. The van der Waals surface area contributed by atoms with Gasteiger partial charge in [0.25, 0.3) is 0 Å². The summed E-state index contributed by atoms with van der Waals surface area (Å²) in [6.45, 7) is 0. The maximum Gasteiger partial charge on any atom is 0.126 e. The molecule has 0 fully saturated rings. The Morgan fingerprint density at radius 2 is 0.800 bits per heavy atom. The molecule has 0 amide bonds. The predicted octanol–water partition coefficient (Wildman–Crippen LogP) is 9.19. The van der Waals surface area contributed by atoms with Crippen molar-refractivity contribution in [1.29, 1.82) is 0 Å². The van der Waals surface area contributed by atoms with Gasteiger partial charge in [-0.15, -0.1) is 0 Å². The first kappa shape index (κ1) is 25.0. The zero-order chi connectivity index (χ0) is 27.5. The van der Waals surface area contributed by atoms with E-state index in [-0.39, 0.29) is 0 Å². The molecule has 40 heavy (non-hydrogen) atoms. The molecule has 6 rings (SSSR count). The monoisotopic (exact) mass is 518 g/mol. The van der Waals surface area contributed by atoms with Crippen LogP contribution in [0.2, 0.25) is 0 Å². The molecule has 3 nitrogen and oxygen atoms in total. The zero-order valence-corrected chi connectivity index (χ0v) is 22.3. The summed E-state index contributed by atoms with van der Waals surface area (Å²) in [5, 5.41) is 0. The van der Waals surface area contributed by atoms with E-state index in [0.717, 1.165) is 67.1 Å². The number of nitrogens with two attached hydrogens (primary N) is 2. The van der Waals surface area contributed by atoms with E-state index < -0.39 is 0 Å². The van der Waals surface area contributed by atoms with E-state index in [4.69, 9.17) is 16.2 Å². The van der Waals surface area contributed by atoms with Crippen molar-refractivity contribution in [3.8, 4) is 61.4 Å². The average molecular weight is 519 g/mol. The number of rotatable bonds is 6. The molecule has 6 aromatic carbocycles. The van der Waals surface area contributed by atoms with Gasteiger partial charge in [0.2, 0.25) is 0 Å². The second-order valence-electron chi connectivity index (χ2n) is 9.71. The summed E-state index contributed by atoms with van der Waals surface area (Å²) in [6.07, 6.45) is 0. The van der Waals surface area contributed by atoms with Crippen LogP contribution in [0.25, 0.3) is 55.6 Å². The standard InChI is InChI=1S/C37H30N2O/c1-40-31-20-12-11-19-30(31)36-33(28-21-23-29(38)24-22-28)32(25-13-5-2-6-14-25)34(26-15-7-3-8-16-26)37(39)35(36)27-17-9-4-10-18-27/h2-24H,38-39H2,1H3. The summed E-state index contributed by atoms with van der Waals surface area (Å²) in [5.41, 5.74) is 25.2. The molecule has 3 heteroatoms. The van der Waals surface area contributed by atoms with Gasteiger partial charge in [0.05, 0.1) is 7.11 Å². The lowest BCUT2D eigenvalue weighted by atomic mass is 9.77. The molecule has 0 saturated heterocycles. The van der Waals surface area contributed by atoms with Crippen LogP contribution in [0.4, 0.5) is 11.4 Å². The Hall–Kier alpha value is -5.28. The van der Waals surface area contributed by atoms with Gasteiger partial charge in [-0.05, 0) is 46.0 Å². The van der Waals surface area contributed by atoms with Crippen LogP contribution in [0, 0.1) is 0 Å². The normalized spacial score (nSPS) is 10.8. The number of anilines is 2. The molecule has 0 bridgehead atoms. The Balaban J connectivity index is 1.91. The molecule has 0 aliphatic rings. The number of benzene rings is 6. The van der Waals surface area contributed by atoms with E-state index in [1.54, 1.807) is 7.11 Å². The summed E-state index contributed by atoms with van der Waals surface area (Å²) in [7, 11) is 1.71. The van der Waals surface area contributed by atoms with Crippen LogP contribution in [-0.4, -0.2) is 7.11 Å². The second kappa shape index (κ2) is 10.8. The van der Waals surface area contributed by atoms with Gasteiger partial charge in [-0.1, -0.05) is 121 Å². The van der Waals surface area contributed by atoms with Crippen molar-refractivity contribution in [3.63, 3.8) is 0 Å². The third kappa shape index (κ3) is 4.48. The number of methoxy groups -OCH3 is 1. The topological polar surface area (TPSA) is 61.3 Å². The molecule has 4 N–H and O–H groups in total. The van der Waals surface area contributed by atoms with Crippen LogP contribution in [0.1, 0.15) is 0 Å².